The second kappa shape index (κ2) is 9.36. The molecule has 3 aromatic rings. The van der Waals surface area contributed by atoms with E-state index in [-0.39, 0.29) is 11.7 Å². The Morgan fingerprint density at radius 3 is 2.03 bits per heavy atom. The van der Waals surface area contributed by atoms with E-state index in [0.29, 0.717) is 13.0 Å². The minimum Gasteiger partial charge on any atom is -0.266 e. The molecule has 1 heterocycles. The van der Waals surface area contributed by atoms with E-state index < -0.39 is 0 Å². The summed E-state index contributed by atoms with van der Waals surface area (Å²) in [6.07, 6.45) is 5.54. The van der Waals surface area contributed by atoms with E-state index in [2.05, 4.69) is 61.2 Å². The fourth-order valence-corrected chi connectivity index (χ4v) is 3.80. The van der Waals surface area contributed by atoms with Crippen molar-refractivity contribution in [2.24, 2.45) is 5.10 Å². The van der Waals surface area contributed by atoms with Crippen molar-refractivity contribution in [1.29, 1.82) is 0 Å². The van der Waals surface area contributed by atoms with Gasteiger partial charge < -0.3 is 0 Å². The average molecular weight is 397 g/mol. The van der Waals surface area contributed by atoms with E-state index in [1.54, 1.807) is 6.07 Å². The molecule has 0 aromatic heterocycles. The molecule has 0 N–H and O–H groups in total. The fourth-order valence-electron chi connectivity index (χ4n) is 3.80. The SMILES string of the molecule is C=C1C=CC(C(c2ccccc2)c2ccccc2)=NN1CCCc1ccccc1F. The molecule has 1 aliphatic rings. The van der Waals surface area contributed by atoms with E-state index >= 15 is 0 Å². The zero-order valence-electron chi connectivity index (χ0n) is 16.9. The number of allylic oxidation sites excluding steroid dienone is 2. The first-order chi connectivity index (χ1) is 14.7. The van der Waals surface area contributed by atoms with Gasteiger partial charge in [-0.15, -0.1) is 0 Å². The summed E-state index contributed by atoms with van der Waals surface area (Å²) in [5.41, 5.74) is 4.97. The summed E-state index contributed by atoms with van der Waals surface area (Å²) in [7, 11) is 0. The van der Waals surface area contributed by atoms with E-state index in [1.165, 1.54) is 17.2 Å². The Bertz CT molecular complexity index is 1010. The van der Waals surface area contributed by atoms with Crippen molar-refractivity contribution < 1.29 is 4.39 Å². The maximum atomic E-state index is 13.9. The molecule has 0 atom stereocenters. The molecule has 2 nitrogen and oxygen atoms in total. The molecule has 0 aliphatic carbocycles. The van der Waals surface area contributed by atoms with E-state index in [9.17, 15) is 4.39 Å². The predicted molar refractivity (Wildman–Crippen MR) is 122 cm³/mol. The Kier molecular flexibility index (Phi) is 6.19. The molecular formula is C27H25FN2. The molecule has 0 radical (unpaired) electrons. The highest BCUT2D eigenvalue weighted by atomic mass is 19.1. The Morgan fingerprint density at radius 2 is 1.40 bits per heavy atom. The first-order valence-corrected chi connectivity index (χ1v) is 10.3. The van der Waals surface area contributed by atoms with Crippen LogP contribution in [0.1, 0.15) is 29.0 Å². The molecule has 0 unspecified atom stereocenters. The molecular weight excluding hydrogens is 371 g/mol. The quantitative estimate of drug-likeness (QED) is 0.455. The Morgan fingerprint density at radius 1 is 0.800 bits per heavy atom. The highest BCUT2D eigenvalue weighted by Gasteiger charge is 2.22. The number of benzene rings is 3. The van der Waals surface area contributed by atoms with Crippen molar-refractivity contribution in [1.82, 2.24) is 5.01 Å². The molecule has 3 aromatic carbocycles. The highest BCUT2D eigenvalue weighted by Crippen LogP contribution is 2.29. The van der Waals surface area contributed by atoms with Crippen molar-refractivity contribution in [2.75, 3.05) is 6.54 Å². The van der Waals surface area contributed by atoms with Gasteiger partial charge in [0.05, 0.1) is 17.3 Å². The summed E-state index contributed by atoms with van der Waals surface area (Å²) in [4.78, 5) is 0. The standard InChI is InChI=1S/C27H25FN2/c1-21-18-19-26(29-30(21)20-10-16-22-11-8-9-17-25(22)28)27(23-12-4-2-5-13-23)24-14-6-3-7-15-24/h2-9,11-15,17-19,27H,1,10,16,20H2. The lowest BCUT2D eigenvalue weighted by Crippen LogP contribution is -2.25. The van der Waals surface area contributed by atoms with Crippen LogP contribution in [0.2, 0.25) is 0 Å². The number of hydrazone groups is 1. The first-order valence-electron chi connectivity index (χ1n) is 10.3. The maximum absolute atomic E-state index is 13.9. The number of hydrogen-bond donors (Lipinski definition) is 0. The summed E-state index contributed by atoms with van der Waals surface area (Å²) in [5.74, 6) is -0.0990. The Hall–Kier alpha value is -3.46. The minimum absolute atomic E-state index is 0.0471. The summed E-state index contributed by atoms with van der Waals surface area (Å²) in [5, 5.41) is 6.88. The second-order valence-electron chi connectivity index (χ2n) is 7.42. The number of hydrogen-bond acceptors (Lipinski definition) is 2. The molecule has 4 rings (SSSR count). The van der Waals surface area contributed by atoms with Gasteiger partial charge in [-0.1, -0.05) is 85.4 Å². The van der Waals surface area contributed by atoms with Gasteiger partial charge in [0.2, 0.25) is 0 Å². The lowest BCUT2D eigenvalue weighted by atomic mass is 9.86. The van der Waals surface area contributed by atoms with E-state index in [0.717, 1.165) is 23.4 Å². The van der Waals surface area contributed by atoms with Gasteiger partial charge >= 0.3 is 0 Å². The fraction of sp³-hybridized carbons (Fsp3) is 0.148. The molecule has 0 saturated heterocycles. The summed E-state index contributed by atoms with van der Waals surface area (Å²) in [6.45, 7) is 4.83. The van der Waals surface area contributed by atoms with Gasteiger partial charge in [-0.2, -0.15) is 5.10 Å². The number of nitrogens with zero attached hydrogens (tertiary/aromatic N) is 2. The van der Waals surface area contributed by atoms with Gasteiger partial charge in [-0.3, -0.25) is 5.01 Å². The van der Waals surface area contributed by atoms with Crippen LogP contribution in [-0.4, -0.2) is 17.3 Å². The van der Waals surface area contributed by atoms with Crippen molar-refractivity contribution in [2.45, 2.75) is 18.8 Å². The van der Waals surface area contributed by atoms with Gasteiger partial charge in [-0.25, -0.2) is 4.39 Å². The van der Waals surface area contributed by atoms with Gasteiger partial charge in [0.15, 0.2) is 0 Å². The molecule has 0 saturated carbocycles. The van der Waals surface area contributed by atoms with Crippen LogP contribution in [0, 0.1) is 5.82 Å². The molecule has 30 heavy (non-hydrogen) atoms. The summed E-state index contributed by atoms with van der Waals surface area (Å²) < 4.78 is 13.9. The van der Waals surface area contributed by atoms with Crippen molar-refractivity contribution in [3.8, 4) is 0 Å². The van der Waals surface area contributed by atoms with Gasteiger partial charge in [0.1, 0.15) is 5.82 Å². The highest BCUT2D eigenvalue weighted by molar-refractivity contribution is 6.03. The van der Waals surface area contributed by atoms with Gasteiger partial charge in [-0.05, 0) is 47.8 Å². The Balaban J connectivity index is 1.56. The van der Waals surface area contributed by atoms with Crippen LogP contribution in [0.25, 0.3) is 0 Å². The van der Waals surface area contributed by atoms with E-state index in [4.69, 9.17) is 5.10 Å². The topological polar surface area (TPSA) is 15.6 Å². The Labute approximate surface area is 177 Å². The van der Waals surface area contributed by atoms with E-state index in [1.807, 2.05) is 35.4 Å². The van der Waals surface area contributed by atoms with Gasteiger partial charge in [0, 0.05) is 6.54 Å². The third-order valence-corrected chi connectivity index (χ3v) is 5.35. The molecule has 0 bridgehead atoms. The molecule has 1 aliphatic heterocycles. The maximum Gasteiger partial charge on any atom is 0.126 e. The molecule has 150 valence electrons. The van der Waals surface area contributed by atoms with Crippen LogP contribution >= 0.6 is 0 Å². The molecule has 0 amide bonds. The smallest absolute Gasteiger partial charge is 0.126 e. The third kappa shape index (κ3) is 4.57. The number of halogens is 1. The number of aryl methyl sites for hydroxylation is 1. The lowest BCUT2D eigenvalue weighted by molar-refractivity contribution is 0.365. The second-order valence-corrected chi connectivity index (χ2v) is 7.42. The summed E-state index contributed by atoms with van der Waals surface area (Å²) >= 11 is 0. The zero-order chi connectivity index (χ0) is 20.8. The minimum atomic E-state index is -0.146. The molecule has 3 heteroatoms. The summed E-state index contributed by atoms with van der Waals surface area (Å²) in [6, 6.07) is 27.8. The third-order valence-electron chi connectivity index (χ3n) is 5.35. The van der Waals surface area contributed by atoms with Gasteiger partial charge in [0.25, 0.3) is 0 Å². The van der Waals surface area contributed by atoms with Crippen LogP contribution in [0.5, 0.6) is 0 Å². The number of rotatable bonds is 7. The molecule has 0 spiro atoms. The van der Waals surface area contributed by atoms with Crippen molar-refractivity contribution >= 4 is 5.71 Å². The largest absolute Gasteiger partial charge is 0.266 e. The van der Waals surface area contributed by atoms with Crippen molar-refractivity contribution in [3.63, 3.8) is 0 Å². The monoisotopic (exact) mass is 396 g/mol. The molecule has 0 fully saturated rings. The van der Waals surface area contributed by atoms with Crippen LogP contribution in [0.15, 0.2) is 114 Å². The van der Waals surface area contributed by atoms with Crippen LogP contribution < -0.4 is 0 Å². The first kappa shape index (κ1) is 19.8. The van der Waals surface area contributed by atoms with Crippen molar-refractivity contribution in [3.05, 3.63) is 132 Å². The average Bonchev–Trinajstić information content (AvgIpc) is 2.79. The van der Waals surface area contributed by atoms with Crippen LogP contribution in [0.3, 0.4) is 0 Å². The van der Waals surface area contributed by atoms with Crippen LogP contribution in [-0.2, 0) is 6.42 Å². The lowest BCUT2D eigenvalue weighted by Gasteiger charge is -2.27. The predicted octanol–water partition coefficient (Wildman–Crippen LogP) is 6.33. The normalized spacial score (nSPS) is 13.6. The van der Waals surface area contributed by atoms with Crippen LogP contribution in [0.4, 0.5) is 4.39 Å². The zero-order valence-corrected chi connectivity index (χ0v) is 16.9.